The highest BCUT2D eigenvalue weighted by molar-refractivity contribution is 7.91. The van der Waals surface area contributed by atoms with E-state index in [-0.39, 0.29) is 17.4 Å². The predicted molar refractivity (Wildman–Crippen MR) is 86.6 cm³/mol. The number of furan rings is 1. The number of carbonyl (C=O) groups excluding carboxylic acids is 1. The summed E-state index contributed by atoms with van der Waals surface area (Å²) in [6, 6.07) is 5.26. The molecule has 0 bridgehead atoms. The number of aryl methyl sites for hydroxylation is 1. The Bertz CT molecular complexity index is 883. The molecule has 1 aliphatic heterocycles. The topological polar surface area (TPSA) is 85.6 Å². The van der Waals surface area contributed by atoms with Crippen molar-refractivity contribution in [1.82, 2.24) is 5.32 Å². The maximum absolute atomic E-state index is 12.7. The van der Waals surface area contributed by atoms with Crippen molar-refractivity contribution in [2.24, 2.45) is 0 Å². The third kappa shape index (κ3) is 2.93. The van der Waals surface area contributed by atoms with E-state index in [0.717, 1.165) is 0 Å². The number of benzene rings is 1. The van der Waals surface area contributed by atoms with E-state index in [1.807, 2.05) is 0 Å². The number of rotatable bonds is 3. The molecule has 0 spiro atoms. The number of methoxy groups -OCH3 is 1. The van der Waals surface area contributed by atoms with Crippen LogP contribution in [0.5, 0.6) is 5.75 Å². The Morgan fingerprint density at radius 1 is 1.39 bits per heavy atom. The van der Waals surface area contributed by atoms with Crippen molar-refractivity contribution in [3.05, 3.63) is 29.5 Å². The molecular formula is C16H19NO5S. The molecular weight excluding hydrogens is 318 g/mol. The molecule has 1 saturated heterocycles. The first-order chi connectivity index (χ1) is 10.7. The highest BCUT2D eigenvalue weighted by Gasteiger charge is 2.40. The molecule has 2 heterocycles. The van der Waals surface area contributed by atoms with Gasteiger partial charge in [0.25, 0.3) is 5.91 Å². The average Bonchev–Trinajstić information content (AvgIpc) is 2.93. The van der Waals surface area contributed by atoms with Crippen molar-refractivity contribution in [2.75, 3.05) is 18.6 Å². The van der Waals surface area contributed by atoms with Gasteiger partial charge in [-0.05, 0) is 38.5 Å². The maximum Gasteiger partial charge on any atom is 0.255 e. The molecule has 2 aromatic rings. The van der Waals surface area contributed by atoms with Crippen LogP contribution < -0.4 is 10.1 Å². The minimum absolute atomic E-state index is 0.0378. The van der Waals surface area contributed by atoms with Gasteiger partial charge < -0.3 is 14.5 Å². The molecule has 23 heavy (non-hydrogen) atoms. The summed E-state index contributed by atoms with van der Waals surface area (Å²) in [6.07, 6.45) is 0.416. The molecule has 124 valence electrons. The summed E-state index contributed by atoms with van der Waals surface area (Å²) in [7, 11) is -1.54. The summed E-state index contributed by atoms with van der Waals surface area (Å²) < 4.78 is 34.2. The number of fused-ring (bicyclic) bond motifs is 1. The number of carbonyl (C=O) groups is 1. The summed E-state index contributed by atoms with van der Waals surface area (Å²) in [4.78, 5) is 12.7. The smallest absolute Gasteiger partial charge is 0.255 e. The molecule has 1 aromatic carbocycles. The summed E-state index contributed by atoms with van der Waals surface area (Å²) in [5, 5.41) is 3.52. The highest BCUT2D eigenvalue weighted by Crippen LogP contribution is 2.30. The van der Waals surface area contributed by atoms with E-state index >= 15 is 0 Å². The van der Waals surface area contributed by atoms with Gasteiger partial charge in [0.2, 0.25) is 0 Å². The van der Waals surface area contributed by atoms with Crippen LogP contribution in [0.4, 0.5) is 0 Å². The lowest BCUT2D eigenvalue weighted by Crippen LogP contribution is -2.47. The highest BCUT2D eigenvalue weighted by atomic mass is 32.2. The molecule has 0 radical (unpaired) electrons. The molecule has 3 rings (SSSR count). The van der Waals surface area contributed by atoms with Crippen LogP contribution in [0.3, 0.4) is 0 Å². The lowest BCUT2D eigenvalue weighted by Gasteiger charge is -2.23. The van der Waals surface area contributed by atoms with E-state index in [2.05, 4.69) is 5.32 Å². The first-order valence-corrected chi connectivity index (χ1v) is 9.15. The van der Waals surface area contributed by atoms with Crippen LogP contribution in [0, 0.1) is 6.92 Å². The second-order valence-corrected chi connectivity index (χ2v) is 8.44. The predicted octanol–water partition coefficient (Wildman–Crippen LogP) is 2.06. The third-order valence-electron chi connectivity index (χ3n) is 4.22. The Labute approximate surface area is 134 Å². The zero-order valence-electron chi connectivity index (χ0n) is 13.3. The second kappa shape index (κ2) is 5.26. The summed E-state index contributed by atoms with van der Waals surface area (Å²) in [6.45, 7) is 3.47. The largest absolute Gasteiger partial charge is 0.497 e. The Morgan fingerprint density at radius 3 is 2.74 bits per heavy atom. The summed E-state index contributed by atoms with van der Waals surface area (Å²) in [5.41, 5.74) is 0.271. The Morgan fingerprint density at radius 2 is 2.13 bits per heavy atom. The minimum Gasteiger partial charge on any atom is -0.497 e. The Balaban J connectivity index is 1.96. The zero-order chi connectivity index (χ0) is 16.8. The van der Waals surface area contributed by atoms with Crippen LogP contribution in [0.15, 0.2) is 22.6 Å². The molecule has 0 unspecified atom stereocenters. The molecule has 1 aliphatic rings. The van der Waals surface area contributed by atoms with Crippen LogP contribution in [-0.2, 0) is 9.84 Å². The number of hydrogen-bond acceptors (Lipinski definition) is 5. The van der Waals surface area contributed by atoms with Crippen molar-refractivity contribution in [1.29, 1.82) is 0 Å². The first-order valence-electron chi connectivity index (χ1n) is 7.33. The van der Waals surface area contributed by atoms with Gasteiger partial charge in [0.15, 0.2) is 9.84 Å². The molecule has 6 nitrogen and oxygen atoms in total. The van der Waals surface area contributed by atoms with Gasteiger partial charge in [-0.3, -0.25) is 4.79 Å². The minimum atomic E-state index is -3.09. The lowest BCUT2D eigenvalue weighted by molar-refractivity contribution is 0.0915. The van der Waals surface area contributed by atoms with Crippen LogP contribution in [0.2, 0.25) is 0 Å². The van der Waals surface area contributed by atoms with Gasteiger partial charge in [0, 0.05) is 5.39 Å². The van der Waals surface area contributed by atoms with Gasteiger partial charge in [0.05, 0.1) is 29.7 Å². The fraction of sp³-hybridized carbons (Fsp3) is 0.438. The number of hydrogen-bond donors (Lipinski definition) is 1. The molecule has 0 aliphatic carbocycles. The van der Waals surface area contributed by atoms with E-state index in [1.54, 1.807) is 39.2 Å². The van der Waals surface area contributed by atoms with E-state index in [4.69, 9.17) is 9.15 Å². The van der Waals surface area contributed by atoms with Gasteiger partial charge in [-0.1, -0.05) is 0 Å². The number of sulfone groups is 1. The number of ether oxygens (including phenoxy) is 1. The molecule has 1 amide bonds. The van der Waals surface area contributed by atoms with Gasteiger partial charge >= 0.3 is 0 Å². The van der Waals surface area contributed by atoms with Crippen LogP contribution in [0.1, 0.15) is 29.5 Å². The van der Waals surface area contributed by atoms with Crippen LogP contribution >= 0.6 is 0 Å². The third-order valence-corrected chi connectivity index (χ3v) is 6.12. The quantitative estimate of drug-likeness (QED) is 0.926. The number of amides is 1. The monoisotopic (exact) mass is 337 g/mol. The zero-order valence-corrected chi connectivity index (χ0v) is 14.1. The van der Waals surface area contributed by atoms with Gasteiger partial charge in [-0.2, -0.15) is 0 Å². The molecule has 1 N–H and O–H groups in total. The lowest BCUT2D eigenvalue weighted by atomic mass is 10.0. The van der Waals surface area contributed by atoms with Crippen molar-refractivity contribution in [2.45, 2.75) is 25.8 Å². The number of nitrogens with one attached hydrogen (secondary N) is 1. The van der Waals surface area contributed by atoms with Crippen LogP contribution in [0.25, 0.3) is 11.0 Å². The fourth-order valence-electron chi connectivity index (χ4n) is 3.05. The fourth-order valence-corrected chi connectivity index (χ4v) is 5.15. The summed E-state index contributed by atoms with van der Waals surface area (Å²) in [5.74, 6) is 0.860. The van der Waals surface area contributed by atoms with Gasteiger partial charge in [-0.15, -0.1) is 0 Å². The van der Waals surface area contributed by atoms with Gasteiger partial charge in [0.1, 0.15) is 17.1 Å². The first kappa shape index (κ1) is 15.9. The molecule has 1 aromatic heterocycles. The second-order valence-electron chi connectivity index (χ2n) is 6.25. The van der Waals surface area contributed by atoms with Crippen LogP contribution in [-0.4, -0.2) is 38.5 Å². The van der Waals surface area contributed by atoms with Crippen molar-refractivity contribution >= 4 is 26.7 Å². The normalized spacial score (nSPS) is 23.1. The standard InChI is InChI=1S/C16H19NO5S/c1-10-14(12-8-11(21-3)4-5-13(12)22-10)15(18)17-16(2)6-7-23(19,20)9-16/h4-5,8H,6-7,9H2,1-3H3,(H,17,18)/t16-/m1/s1. The Hall–Kier alpha value is -2.02. The van der Waals surface area contributed by atoms with Crippen molar-refractivity contribution in [3.8, 4) is 5.75 Å². The Kier molecular flexibility index (Phi) is 3.63. The van der Waals surface area contributed by atoms with E-state index in [0.29, 0.717) is 34.5 Å². The molecule has 1 fully saturated rings. The van der Waals surface area contributed by atoms with E-state index in [9.17, 15) is 13.2 Å². The summed E-state index contributed by atoms with van der Waals surface area (Å²) >= 11 is 0. The average molecular weight is 337 g/mol. The van der Waals surface area contributed by atoms with E-state index in [1.165, 1.54) is 0 Å². The molecule has 1 atom stereocenters. The van der Waals surface area contributed by atoms with Gasteiger partial charge in [-0.25, -0.2) is 8.42 Å². The van der Waals surface area contributed by atoms with Crippen molar-refractivity contribution < 1.29 is 22.4 Å². The molecule has 0 saturated carbocycles. The maximum atomic E-state index is 12.7. The SMILES string of the molecule is COc1ccc2oc(C)c(C(=O)N[C@]3(C)CCS(=O)(=O)C3)c2c1. The van der Waals surface area contributed by atoms with E-state index < -0.39 is 15.4 Å². The molecule has 7 heteroatoms. The van der Waals surface area contributed by atoms with Crippen molar-refractivity contribution in [3.63, 3.8) is 0 Å².